The molecule has 1 aromatic heterocycles. The minimum atomic E-state index is -1.51. The molecule has 2 aromatic rings. The Labute approximate surface area is 154 Å². The standard InChI is InChI=1S/C18H20FN3O5/c1-10(2)16(17(26)21-13(7-15(24)25)14(23)8-19)22-9-20-12-6-4-3-5-11(12)18(22)27/h3-6,9-10,13,16H,7-8H2,1-2H3,(H,21,26)(H,24,25)/t13?,16-/m0/s1. The van der Waals surface area contributed by atoms with E-state index in [1.165, 1.54) is 6.33 Å². The molecule has 1 heterocycles. The van der Waals surface area contributed by atoms with E-state index in [2.05, 4.69) is 10.3 Å². The Balaban J connectivity index is 2.41. The first-order chi connectivity index (χ1) is 12.8. The number of halogens is 1. The Morgan fingerprint density at radius 3 is 2.52 bits per heavy atom. The lowest BCUT2D eigenvalue weighted by atomic mass is 10.0. The van der Waals surface area contributed by atoms with Crippen molar-refractivity contribution in [2.45, 2.75) is 32.4 Å². The third-order valence-corrected chi connectivity index (χ3v) is 4.11. The number of nitrogens with zero attached hydrogens (tertiary/aromatic N) is 2. The number of Topliss-reactive ketones (excluding diaryl/α,β-unsaturated/α-hetero) is 1. The Morgan fingerprint density at radius 2 is 1.93 bits per heavy atom. The minimum absolute atomic E-state index is 0.320. The van der Waals surface area contributed by atoms with E-state index in [4.69, 9.17) is 5.11 Å². The topological polar surface area (TPSA) is 118 Å². The van der Waals surface area contributed by atoms with Gasteiger partial charge < -0.3 is 10.4 Å². The minimum Gasteiger partial charge on any atom is -0.481 e. The Hall–Kier alpha value is -3.10. The summed E-state index contributed by atoms with van der Waals surface area (Å²) in [7, 11) is 0. The number of rotatable bonds is 8. The van der Waals surface area contributed by atoms with Gasteiger partial charge >= 0.3 is 5.97 Å². The van der Waals surface area contributed by atoms with Crippen molar-refractivity contribution in [1.82, 2.24) is 14.9 Å². The number of amides is 1. The van der Waals surface area contributed by atoms with Crippen molar-refractivity contribution in [2.75, 3.05) is 6.67 Å². The molecule has 9 heteroatoms. The normalized spacial score (nSPS) is 13.3. The molecule has 0 saturated carbocycles. The molecule has 2 rings (SSSR count). The highest BCUT2D eigenvalue weighted by Gasteiger charge is 2.30. The van der Waals surface area contributed by atoms with Crippen molar-refractivity contribution in [1.29, 1.82) is 0 Å². The Bertz CT molecular complexity index is 925. The van der Waals surface area contributed by atoms with Gasteiger partial charge in [-0.1, -0.05) is 26.0 Å². The number of para-hydroxylation sites is 1. The highest BCUT2D eigenvalue weighted by atomic mass is 19.1. The zero-order valence-corrected chi connectivity index (χ0v) is 14.9. The summed E-state index contributed by atoms with van der Waals surface area (Å²) in [4.78, 5) is 52.2. The van der Waals surface area contributed by atoms with Crippen LogP contribution in [0.5, 0.6) is 0 Å². The average molecular weight is 377 g/mol. The summed E-state index contributed by atoms with van der Waals surface area (Å²) in [5.74, 6) is -3.53. The van der Waals surface area contributed by atoms with Gasteiger partial charge in [0.05, 0.1) is 23.7 Å². The van der Waals surface area contributed by atoms with Crippen LogP contribution in [-0.2, 0) is 14.4 Å². The van der Waals surface area contributed by atoms with Crippen LogP contribution in [-0.4, -0.2) is 45.0 Å². The molecule has 1 amide bonds. The molecule has 2 N–H and O–H groups in total. The van der Waals surface area contributed by atoms with E-state index in [9.17, 15) is 23.6 Å². The number of carboxylic acid groups (broad SMARTS) is 1. The molecule has 0 bridgehead atoms. The second-order valence-corrected chi connectivity index (χ2v) is 6.42. The van der Waals surface area contributed by atoms with Gasteiger partial charge in [-0.2, -0.15) is 0 Å². The molecule has 0 spiro atoms. The zero-order valence-electron chi connectivity index (χ0n) is 14.9. The maximum Gasteiger partial charge on any atom is 0.305 e. The number of ketones is 1. The van der Waals surface area contributed by atoms with E-state index in [1.54, 1.807) is 38.1 Å². The van der Waals surface area contributed by atoms with Crippen molar-refractivity contribution >= 4 is 28.6 Å². The summed E-state index contributed by atoms with van der Waals surface area (Å²) in [6.07, 6.45) is 0.488. The molecule has 0 radical (unpaired) electrons. The van der Waals surface area contributed by atoms with Crippen molar-refractivity contribution < 1.29 is 23.9 Å². The second kappa shape index (κ2) is 8.52. The number of alkyl halides is 1. The fourth-order valence-corrected chi connectivity index (χ4v) is 2.80. The van der Waals surface area contributed by atoms with Crippen LogP contribution in [0.3, 0.4) is 0 Å². The van der Waals surface area contributed by atoms with Gasteiger partial charge in [0.15, 0.2) is 5.78 Å². The second-order valence-electron chi connectivity index (χ2n) is 6.42. The first kappa shape index (κ1) is 20.2. The lowest BCUT2D eigenvalue weighted by Gasteiger charge is -2.25. The molecule has 0 saturated heterocycles. The predicted molar refractivity (Wildman–Crippen MR) is 95.0 cm³/mol. The number of hydrogen-bond acceptors (Lipinski definition) is 5. The molecule has 27 heavy (non-hydrogen) atoms. The summed E-state index contributed by atoms with van der Waals surface area (Å²) >= 11 is 0. The first-order valence-electron chi connectivity index (χ1n) is 8.33. The van der Waals surface area contributed by atoms with Gasteiger partial charge in [-0.15, -0.1) is 0 Å². The summed E-state index contributed by atoms with van der Waals surface area (Å²) in [6, 6.07) is 4.09. The van der Waals surface area contributed by atoms with Gasteiger partial charge in [-0.3, -0.25) is 23.7 Å². The number of aromatic nitrogens is 2. The molecule has 0 fully saturated rings. The molecule has 1 aromatic carbocycles. The number of benzene rings is 1. The van der Waals surface area contributed by atoms with Crippen LogP contribution in [0.25, 0.3) is 10.9 Å². The fourth-order valence-electron chi connectivity index (χ4n) is 2.80. The first-order valence-corrected chi connectivity index (χ1v) is 8.33. The van der Waals surface area contributed by atoms with E-state index in [0.29, 0.717) is 10.9 Å². The van der Waals surface area contributed by atoms with Crippen LogP contribution in [0.4, 0.5) is 4.39 Å². The van der Waals surface area contributed by atoms with Gasteiger partial charge in [0.2, 0.25) is 5.91 Å². The van der Waals surface area contributed by atoms with Crippen molar-refractivity contribution in [3.05, 3.63) is 40.9 Å². The van der Waals surface area contributed by atoms with Gasteiger partial charge in [0, 0.05) is 0 Å². The molecule has 0 aliphatic rings. The molecule has 2 atom stereocenters. The molecule has 0 aliphatic heterocycles. The Kier molecular flexibility index (Phi) is 6.38. The highest BCUT2D eigenvalue weighted by Crippen LogP contribution is 2.18. The molecule has 1 unspecified atom stereocenters. The SMILES string of the molecule is CC(C)[C@@H](C(=O)NC(CC(=O)O)C(=O)CF)n1cnc2ccccc2c1=O. The van der Waals surface area contributed by atoms with Crippen LogP contribution in [0.2, 0.25) is 0 Å². The molecule has 8 nitrogen and oxygen atoms in total. The molecular weight excluding hydrogens is 357 g/mol. The van der Waals surface area contributed by atoms with Crippen LogP contribution in [0.15, 0.2) is 35.4 Å². The van der Waals surface area contributed by atoms with E-state index in [-0.39, 0.29) is 5.92 Å². The maximum atomic E-state index is 12.8. The number of hydrogen-bond donors (Lipinski definition) is 2. The van der Waals surface area contributed by atoms with E-state index < -0.39 is 48.4 Å². The van der Waals surface area contributed by atoms with Crippen molar-refractivity contribution in [3.63, 3.8) is 0 Å². The smallest absolute Gasteiger partial charge is 0.305 e. The largest absolute Gasteiger partial charge is 0.481 e. The average Bonchev–Trinajstić information content (AvgIpc) is 2.62. The fraction of sp³-hybridized carbons (Fsp3) is 0.389. The lowest BCUT2D eigenvalue weighted by molar-refractivity contribution is -0.140. The number of fused-ring (bicyclic) bond motifs is 1. The van der Waals surface area contributed by atoms with E-state index >= 15 is 0 Å². The van der Waals surface area contributed by atoms with E-state index in [1.807, 2.05) is 0 Å². The van der Waals surface area contributed by atoms with Crippen LogP contribution in [0, 0.1) is 5.92 Å². The highest BCUT2D eigenvalue weighted by molar-refractivity contribution is 5.93. The maximum absolute atomic E-state index is 12.8. The van der Waals surface area contributed by atoms with Gasteiger partial charge in [-0.25, -0.2) is 9.37 Å². The number of carboxylic acids is 1. The number of carbonyl (C=O) groups excluding carboxylic acids is 2. The third kappa shape index (κ3) is 4.55. The Morgan fingerprint density at radius 1 is 1.26 bits per heavy atom. The molecular formula is C18H20FN3O5. The zero-order chi connectivity index (χ0) is 20.1. The van der Waals surface area contributed by atoms with Gasteiger partial charge in [-0.05, 0) is 18.1 Å². The molecule has 0 aliphatic carbocycles. The van der Waals surface area contributed by atoms with Crippen LogP contribution < -0.4 is 10.9 Å². The number of aliphatic carboxylic acids is 1. The quantitative estimate of drug-likeness (QED) is 0.711. The van der Waals surface area contributed by atoms with Gasteiger partial charge in [0.25, 0.3) is 5.56 Å². The van der Waals surface area contributed by atoms with E-state index in [0.717, 1.165) is 4.57 Å². The number of carbonyl (C=O) groups is 3. The third-order valence-electron chi connectivity index (χ3n) is 4.11. The summed E-state index contributed by atoms with van der Waals surface area (Å²) < 4.78 is 13.8. The van der Waals surface area contributed by atoms with Crippen molar-refractivity contribution in [3.8, 4) is 0 Å². The van der Waals surface area contributed by atoms with Gasteiger partial charge in [0.1, 0.15) is 18.8 Å². The summed E-state index contributed by atoms with van der Waals surface area (Å²) in [5.41, 5.74) is 0.0269. The monoisotopic (exact) mass is 377 g/mol. The van der Waals surface area contributed by atoms with Crippen molar-refractivity contribution in [2.24, 2.45) is 5.92 Å². The predicted octanol–water partition coefficient (Wildman–Crippen LogP) is 1.09. The number of nitrogens with one attached hydrogen (secondary N) is 1. The summed E-state index contributed by atoms with van der Waals surface area (Å²) in [6.45, 7) is 1.98. The molecule has 144 valence electrons. The summed E-state index contributed by atoms with van der Waals surface area (Å²) in [5, 5.41) is 11.5. The van der Waals surface area contributed by atoms with Crippen LogP contribution >= 0.6 is 0 Å². The van der Waals surface area contributed by atoms with Crippen LogP contribution in [0.1, 0.15) is 26.3 Å². The lowest BCUT2D eigenvalue weighted by Crippen LogP contribution is -2.48.